The van der Waals surface area contributed by atoms with Crippen molar-refractivity contribution in [2.45, 2.75) is 18.6 Å². The van der Waals surface area contributed by atoms with Gasteiger partial charge in [-0.1, -0.05) is 18.2 Å². The van der Waals surface area contributed by atoms with Crippen LogP contribution in [0.2, 0.25) is 0 Å². The average molecular weight is 335 g/mol. The van der Waals surface area contributed by atoms with Gasteiger partial charge >= 0.3 is 0 Å². The van der Waals surface area contributed by atoms with Crippen molar-refractivity contribution < 1.29 is 30.7 Å². The van der Waals surface area contributed by atoms with E-state index in [-0.39, 0.29) is 36.6 Å². The van der Waals surface area contributed by atoms with Crippen LogP contribution in [-0.2, 0) is 12.8 Å². The molecule has 0 bridgehead atoms. The summed E-state index contributed by atoms with van der Waals surface area (Å²) in [7, 11) is 0. The number of benzene rings is 2. The van der Waals surface area contributed by atoms with Crippen molar-refractivity contribution in [2.24, 2.45) is 0 Å². The molecule has 0 aromatic heterocycles. The van der Waals surface area contributed by atoms with Gasteiger partial charge in [0.25, 0.3) is 0 Å². The molecule has 7 nitrogen and oxygen atoms in total. The third-order valence-electron chi connectivity index (χ3n) is 3.82. The predicted octanol–water partition coefficient (Wildman–Crippen LogP) is 0.961. The number of phenolic OH excluding ortho intramolecular Hbond substituents is 3. The minimum Gasteiger partial charge on any atom is -0.508 e. The zero-order valence-electron chi connectivity index (χ0n) is 13.0. The van der Waals surface area contributed by atoms with E-state index in [9.17, 15) is 30.7 Å². The topological polar surface area (TPSA) is 125 Å². The number of nitrogens with zero attached hydrogens (tertiary/aromatic N) is 1. The zero-order chi connectivity index (χ0) is 17.7. The zero-order valence-corrected chi connectivity index (χ0v) is 13.0. The highest BCUT2D eigenvalue weighted by atomic mass is 16.5. The molecule has 2 rings (SSSR count). The molecule has 0 aliphatic carbocycles. The van der Waals surface area contributed by atoms with Crippen molar-refractivity contribution in [2.75, 3.05) is 13.2 Å². The Hall–Kier alpha value is -2.32. The van der Waals surface area contributed by atoms with Crippen LogP contribution in [0.5, 0.6) is 17.2 Å². The lowest BCUT2D eigenvalue weighted by Crippen LogP contribution is -2.52. The van der Waals surface area contributed by atoms with Crippen LogP contribution in [-0.4, -0.2) is 54.7 Å². The third kappa shape index (κ3) is 4.36. The van der Waals surface area contributed by atoms with Gasteiger partial charge in [0.15, 0.2) is 5.72 Å². The van der Waals surface area contributed by atoms with Gasteiger partial charge < -0.3 is 30.7 Å². The van der Waals surface area contributed by atoms with Gasteiger partial charge in [-0.2, -0.15) is 5.06 Å². The molecule has 0 amide bonds. The molecule has 0 saturated carbocycles. The Bertz CT molecular complexity index is 675. The molecule has 2 aromatic rings. The van der Waals surface area contributed by atoms with E-state index in [0.29, 0.717) is 16.2 Å². The van der Waals surface area contributed by atoms with E-state index in [4.69, 9.17) is 0 Å². The second-order valence-electron chi connectivity index (χ2n) is 5.67. The van der Waals surface area contributed by atoms with Crippen molar-refractivity contribution in [3.63, 3.8) is 0 Å². The molecule has 0 heterocycles. The Morgan fingerprint density at radius 3 is 2.12 bits per heavy atom. The summed E-state index contributed by atoms with van der Waals surface area (Å²) in [4.78, 5) is 0. The summed E-state index contributed by atoms with van der Waals surface area (Å²) in [5, 5.41) is 58.9. The molecule has 0 radical (unpaired) electrons. The van der Waals surface area contributed by atoms with Gasteiger partial charge in [0.2, 0.25) is 0 Å². The highest BCUT2D eigenvalue weighted by molar-refractivity contribution is 5.39. The minimum absolute atomic E-state index is 0.0481. The number of phenols is 3. The first-order valence-electron chi connectivity index (χ1n) is 7.42. The van der Waals surface area contributed by atoms with E-state index in [2.05, 4.69) is 0 Å². The molecule has 0 aliphatic rings. The lowest BCUT2D eigenvalue weighted by Gasteiger charge is -2.34. The highest BCUT2D eigenvalue weighted by Crippen LogP contribution is 2.24. The first-order valence-corrected chi connectivity index (χ1v) is 7.42. The number of hydrogen-bond acceptors (Lipinski definition) is 7. The van der Waals surface area contributed by atoms with Crippen molar-refractivity contribution in [1.82, 2.24) is 5.06 Å². The standard InChI is InChI=1S/C17H21NO6/c19-11-17(23,10-12-1-4-14(20)5-2-12)18(24)8-7-13-3-6-15(21)9-16(13)22/h1-6,9,19-24H,7-8,10-11H2/t17-/m1/s1. The highest BCUT2D eigenvalue weighted by Gasteiger charge is 2.33. The van der Waals surface area contributed by atoms with Crippen LogP contribution in [0.25, 0.3) is 0 Å². The van der Waals surface area contributed by atoms with E-state index in [1.807, 2.05) is 0 Å². The third-order valence-corrected chi connectivity index (χ3v) is 3.82. The molecule has 6 N–H and O–H groups in total. The van der Waals surface area contributed by atoms with Gasteiger partial charge in [0.1, 0.15) is 17.2 Å². The lowest BCUT2D eigenvalue weighted by molar-refractivity contribution is -0.273. The lowest BCUT2D eigenvalue weighted by atomic mass is 10.0. The first-order chi connectivity index (χ1) is 11.3. The smallest absolute Gasteiger partial charge is 0.167 e. The summed E-state index contributed by atoms with van der Waals surface area (Å²) in [5.74, 6) is -0.110. The second kappa shape index (κ2) is 7.50. The molecule has 0 unspecified atom stereocenters. The molecule has 2 aromatic carbocycles. The van der Waals surface area contributed by atoms with Crippen molar-refractivity contribution in [3.8, 4) is 17.2 Å². The van der Waals surface area contributed by atoms with E-state index in [1.54, 1.807) is 12.1 Å². The van der Waals surface area contributed by atoms with Gasteiger partial charge in [0.05, 0.1) is 6.61 Å². The number of aliphatic hydroxyl groups excluding tert-OH is 1. The Balaban J connectivity index is 2.04. The molecule has 0 fully saturated rings. The predicted molar refractivity (Wildman–Crippen MR) is 85.8 cm³/mol. The Labute approximate surface area is 139 Å². The van der Waals surface area contributed by atoms with Crippen molar-refractivity contribution in [1.29, 1.82) is 0 Å². The SMILES string of the molecule is OC[C@](O)(Cc1ccc(O)cc1)N(O)CCc1ccc(O)cc1O. The number of rotatable bonds is 7. The van der Waals surface area contributed by atoms with E-state index >= 15 is 0 Å². The maximum absolute atomic E-state index is 10.5. The van der Waals surface area contributed by atoms with Crippen molar-refractivity contribution in [3.05, 3.63) is 53.6 Å². The van der Waals surface area contributed by atoms with Crippen LogP contribution in [0.4, 0.5) is 0 Å². The molecule has 130 valence electrons. The van der Waals surface area contributed by atoms with Crippen molar-refractivity contribution >= 4 is 0 Å². The molecule has 0 aliphatic heterocycles. The van der Waals surface area contributed by atoms with Gasteiger partial charge in [-0.15, -0.1) is 0 Å². The molecule has 0 spiro atoms. The minimum atomic E-state index is -1.90. The van der Waals surface area contributed by atoms with E-state index in [0.717, 1.165) is 0 Å². The van der Waals surface area contributed by atoms with E-state index < -0.39 is 12.3 Å². The molecular weight excluding hydrogens is 314 g/mol. The fraction of sp³-hybridized carbons (Fsp3) is 0.294. The molecule has 7 heteroatoms. The van der Waals surface area contributed by atoms with Crippen LogP contribution in [0.15, 0.2) is 42.5 Å². The van der Waals surface area contributed by atoms with Gasteiger partial charge in [0, 0.05) is 19.0 Å². The summed E-state index contributed by atoms with van der Waals surface area (Å²) in [6, 6.07) is 10.2. The number of aliphatic hydroxyl groups is 2. The van der Waals surface area contributed by atoms with E-state index in [1.165, 1.54) is 30.3 Å². The van der Waals surface area contributed by atoms with Crippen LogP contribution in [0.1, 0.15) is 11.1 Å². The van der Waals surface area contributed by atoms with Gasteiger partial charge in [-0.05, 0) is 35.7 Å². The van der Waals surface area contributed by atoms with Crippen LogP contribution in [0.3, 0.4) is 0 Å². The average Bonchev–Trinajstić information content (AvgIpc) is 2.55. The fourth-order valence-electron chi connectivity index (χ4n) is 2.37. The molecular formula is C17H21NO6. The first kappa shape index (κ1) is 18.0. The maximum Gasteiger partial charge on any atom is 0.167 e. The van der Waals surface area contributed by atoms with Gasteiger partial charge in [-0.25, -0.2) is 0 Å². The van der Waals surface area contributed by atoms with Crippen LogP contribution in [0, 0.1) is 0 Å². The quantitative estimate of drug-likeness (QED) is 0.329. The van der Waals surface area contributed by atoms with Crippen LogP contribution < -0.4 is 0 Å². The summed E-state index contributed by atoms with van der Waals surface area (Å²) in [6.07, 6.45) is 0.141. The fourth-order valence-corrected chi connectivity index (χ4v) is 2.37. The number of hydrogen-bond donors (Lipinski definition) is 6. The molecule has 24 heavy (non-hydrogen) atoms. The monoisotopic (exact) mass is 335 g/mol. The Morgan fingerprint density at radius 1 is 0.917 bits per heavy atom. The Morgan fingerprint density at radius 2 is 1.54 bits per heavy atom. The second-order valence-corrected chi connectivity index (χ2v) is 5.67. The Kier molecular flexibility index (Phi) is 5.63. The summed E-state index contributed by atoms with van der Waals surface area (Å²) in [6.45, 7) is -0.751. The maximum atomic E-state index is 10.5. The molecule has 1 atom stereocenters. The summed E-state index contributed by atoms with van der Waals surface area (Å²) in [5.41, 5.74) is -0.795. The normalized spacial score (nSPS) is 13.8. The molecule has 0 saturated heterocycles. The number of hydroxylamine groups is 2. The largest absolute Gasteiger partial charge is 0.508 e. The van der Waals surface area contributed by atoms with Crippen LogP contribution >= 0.6 is 0 Å². The summed E-state index contributed by atoms with van der Waals surface area (Å²) < 4.78 is 0. The van der Waals surface area contributed by atoms with Gasteiger partial charge in [-0.3, -0.25) is 0 Å². The summed E-state index contributed by atoms with van der Waals surface area (Å²) >= 11 is 0. The number of aromatic hydroxyl groups is 3.